The number of nitrogens with one attached hydrogen (secondary N) is 2. The molecule has 24 heavy (non-hydrogen) atoms. The minimum Gasteiger partial charge on any atom is -0.496 e. The number of hydrogen-bond donors (Lipinski definition) is 2. The molecule has 0 aromatic heterocycles. The van der Waals surface area contributed by atoms with Crippen molar-refractivity contribution in [2.45, 2.75) is 39.0 Å². The maximum atomic E-state index is 12.1. The van der Waals surface area contributed by atoms with Gasteiger partial charge in [0.2, 0.25) is 0 Å². The molecule has 0 bridgehead atoms. The molecule has 1 rings (SSSR count). The standard InChI is InChI=1S/C17H29N3O3S/c1-13-7-8-14(15(11-13)23-6)12-20-16(18-5)19-9-10-24(21,22)17(2,3)4/h7-8,11H,9-10,12H2,1-6H3,(H2,18,19,20). The minimum absolute atomic E-state index is 0.0606. The molecule has 6 nitrogen and oxygen atoms in total. The summed E-state index contributed by atoms with van der Waals surface area (Å²) in [5.41, 5.74) is 2.14. The van der Waals surface area contributed by atoms with Gasteiger partial charge in [0.05, 0.1) is 17.6 Å². The number of rotatable bonds is 6. The monoisotopic (exact) mass is 355 g/mol. The van der Waals surface area contributed by atoms with Gasteiger partial charge in [-0.15, -0.1) is 0 Å². The predicted octanol–water partition coefficient (Wildman–Crippen LogP) is 1.88. The Bertz CT molecular complexity index is 677. The van der Waals surface area contributed by atoms with Crippen LogP contribution in [0.3, 0.4) is 0 Å². The van der Waals surface area contributed by atoms with Crippen molar-refractivity contribution in [1.82, 2.24) is 10.6 Å². The number of nitrogens with zero attached hydrogens (tertiary/aromatic N) is 1. The van der Waals surface area contributed by atoms with Gasteiger partial charge in [-0.3, -0.25) is 4.99 Å². The van der Waals surface area contributed by atoms with Crippen LogP contribution in [-0.4, -0.2) is 45.6 Å². The molecule has 0 amide bonds. The van der Waals surface area contributed by atoms with E-state index in [1.165, 1.54) is 0 Å². The van der Waals surface area contributed by atoms with Crippen LogP contribution in [-0.2, 0) is 16.4 Å². The van der Waals surface area contributed by atoms with Gasteiger partial charge in [0.1, 0.15) is 5.75 Å². The number of aryl methyl sites for hydroxylation is 1. The Morgan fingerprint density at radius 3 is 2.46 bits per heavy atom. The molecule has 0 atom stereocenters. The van der Waals surface area contributed by atoms with Crippen molar-refractivity contribution in [1.29, 1.82) is 0 Å². The van der Waals surface area contributed by atoms with Crippen LogP contribution in [0.1, 0.15) is 31.9 Å². The van der Waals surface area contributed by atoms with Gasteiger partial charge in [-0.1, -0.05) is 12.1 Å². The van der Waals surface area contributed by atoms with Gasteiger partial charge in [-0.2, -0.15) is 0 Å². The highest BCUT2D eigenvalue weighted by Gasteiger charge is 2.28. The Morgan fingerprint density at radius 1 is 1.25 bits per heavy atom. The van der Waals surface area contributed by atoms with Gasteiger partial charge in [0.25, 0.3) is 0 Å². The summed E-state index contributed by atoms with van der Waals surface area (Å²) in [5.74, 6) is 1.43. The zero-order valence-electron chi connectivity index (χ0n) is 15.4. The molecule has 1 aromatic rings. The van der Waals surface area contributed by atoms with Crippen molar-refractivity contribution >= 4 is 15.8 Å². The lowest BCUT2D eigenvalue weighted by Crippen LogP contribution is -2.41. The zero-order valence-corrected chi connectivity index (χ0v) is 16.3. The molecule has 1 aromatic carbocycles. The lowest BCUT2D eigenvalue weighted by molar-refractivity contribution is 0.408. The first-order valence-electron chi connectivity index (χ1n) is 7.91. The molecular weight excluding hydrogens is 326 g/mol. The third-order valence-corrected chi connectivity index (χ3v) is 6.32. The molecule has 0 radical (unpaired) electrons. The lowest BCUT2D eigenvalue weighted by atomic mass is 10.1. The average Bonchev–Trinajstić information content (AvgIpc) is 2.50. The Hall–Kier alpha value is -1.76. The molecule has 0 aliphatic rings. The normalized spacial score (nSPS) is 12.8. The summed E-state index contributed by atoms with van der Waals surface area (Å²) in [4.78, 5) is 4.12. The van der Waals surface area contributed by atoms with Crippen LogP contribution >= 0.6 is 0 Å². The van der Waals surface area contributed by atoms with Crippen LogP contribution in [0.15, 0.2) is 23.2 Å². The van der Waals surface area contributed by atoms with Gasteiger partial charge in [0.15, 0.2) is 15.8 Å². The highest BCUT2D eigenvalue weighted by atomic mass is 32.2. The van der Waals surface area contributed by atoms with Crippen molar-refractivity contribution < 1.29 is 13.2 Å². The first-order valence-corrected chi connectivity index (χ1v) is 9.56. The van der Waals surface area contributed by atoms with E-state index in [0.717, 1.165) is 16.9 Å². The van der Waals surface area contributed by atoms with Gasteiger partial charge in [0, 0.05) is 25.7 Å². The minimum atomic E-state index is -3.15. The second-order valence-electron chi connectivity index (χ2n) is 6.60. The largest absolute Gasteiger partial charge is 0.496 e. The summed E-state index contributed by atoms with van der Waals surface area (Å²) in [6.07, 6.45) is 0. The predicted molar refractivity (Wildman–Crippen MR) is 99.5 cm³/mol. The highest BCUT2D eigenvalue weighted by Crippen LogP contribution is 2.19. The topological polar surface area (TPSA) is 79.8 Å². The summed E-state index contributed by atoms with van der Waals surface area (Å²) in [5, 5.41) is 6.20. The summed E-state index contributed by atoms with van der Waals surface area (Å²) in [7, 11) is 0.145. The smallest absolute Gasteiger partial charge is 0.191 e. The fourth-order valence-electron chi connectivity index (χ4n) is 2.01. The number of guanidine groups is 1. The second-order valence-corrected chi connectivity index (χ2v) is 9.46. The van der Waals surface area contributed by atoms with Crippen LogP contribution in [0.5, 0.6) is 5.75 Å². The van der Waals surface area contributed by atoms with E-state index in [0.29, 0.717) is 19.0 Å². The number of sulfone groups is 1. The second kappa shape index (κ2) is 8.37. The summed E-state index contributed by atoms with van der Waals surface area (Å²) >= 11 is 0. The van der Waals surface area contributed by atoms with E-state index in [2.05, 4.69) is 15.6 Å². The number of aliphatic imine (C=N–C) groups is 1. The average molecular weight is 356 g/mol. The molecule has 136 valence electrons. The fourth-order valence-corrected chi connectivity index (χ4v) is 2.99. The van der Waals surface area contributed by atoms with Gasteiger partial charge >= 0.3 is 0 Å². The SMILES string of the molecule is CN=C(NCCS(=O)(=O)C(C)(C)C)NCc1ccc(C)cc1OC. The maximum absolute atomic E-state index is 12.1. The molecule has 0 aliphatic heterocycles. The van der Waals surface area contributed by atoms with E-state index in [-0.39, 0.29) is 5.75 Å². The summed E-state index contributed by atoms with van der Waals surface area (Å²) in [6.45, 7) is 7.98. The van der Waals surface area contributed by atoms with E-state index in [9.17, 15) is 8.42 Å². The fraction of sp³-hybridized carbons (Fsp3) is 0.588. The van der Waals surface area contributed by atoms with E-state index in [1.807, 2.05) is 25.1 Å². The molecule has 0 saturated heterocycles. The molecule has 0 aliphatic carbocycles. The molecule has 0 heterocycles. The first kappa shape index (κ1) is 20.3. The molecule has 2 N–H and O–H groups in total. The van der Waals surface area contributed by atoms with Crippen LogP contribution < -0.4 is 15.4 Å². The third-order valence-electron chi connectivity index (χ3n) is 3.71. The highest BCUT2D eigenvalue weighted by molar-refractivity contribution is 7.92. The summed E-state index contributed by atoms with van der Waals surface area (Å²) < 4.78 is 28.8. The van der Waals surface area contributed by atoms with Crippen molar-refractivity contribution in [3.8, 4) is 5.75 Å². The molecule has 0 spiro atoms. The molecule has 0 unspecified atom stereocenters. The van der Waals surface area contributed by atoms with Gasteiger partial charge in [-0.25, -0.2) is 8.42 Å². The molecule has 0 saturated carbocycles. The van der Waals surface area contributed by atoms with Crippen LogP contribution in [0, 0.1) is 6.92 Å². The van der Waals surface area contributed by atoms with Gasteiger partial charge < -0.3 is 15.4 Å². The van der Waals surface area contributed by atoms with E-state index < -0.39 is 14.6 Å². The Morgan fingerprint density at radius 2 is 1.92 bits per heavy atom. The number of methoxy groups -OCH3 is 1. The Labute approximate surface area is 145 Å². The zero-order chi connectivity index (χ0) is 18.4. The van der Waals surface area contributed by atoms with E-state index in [1.54, 1.807) is 34.9 Å². The number of ether oxygens (including phenoxy) is 1. The van der Waals surface area contributed by atoms with Crippen molar-refractivity contribution in [2.24, 2.45) is 4.99 Å². The molecule has 0 fully saturated rings. The van der Waals surface area contributed by atoms with Crippen molar-refractivity contribution in [3.63, 3.8) is 0 Å². The molecular formula is C17H29N3O3S. The van der Waals surface area contributed by atoms with Crippen LogP contribution in [0.4, 0.5) is 0 Å². The van der Waals surface area contributed by atoms with Gasteiger partial charge in [-0.05, 0) is 39.3 Å². The lowest BCUT2D eigenvalue weighted by Gasteiger charge is -2.20. The summed E-state index contributed by atoms with van der Waals surface area (Å²) in [6, 6.07) is 5.99. The maximum Gasteiger partial charge on any atom is 0.191 e. The molecule has 7 heteroatoms. The Kier molecular flexibility index (Phi) is 7.08. The Balaban J connectivity index is 2.58. The van der Waals surface area contributed by atoms with Crippen LogP contribution in [0.25, 0.3) is 0 Å². The van der Waals surface area contributed by atoms with Crippen molar-refractivity contribution in [3.05, 3.63) is 29.3 Å². The van der Waals surface area contributed by atoms with E-state index >= 15 is 0 Å². The quantitative estimate of drug-likeness (QED) is 0.602. The number of benzene rings is 1. The third kappa shape index (κ3) is 5.70. The van der Waals surface area contributed by atoms with E-state index in [4.69, 9.17) is 4.74 Å². The van der Waals surface area contributed by atoms with Crippen LogP contribution in [0.2, 0.25) is 0 Å². The van der Waals surface area contributed by atoms with Crippen molar-refractivity contribution in [2.75, 3.05) is 26.5 Å². The number of hydrogen-bond acceptors (Lipinski definition) is 4. The first-order chi connectivity index (χ1) is 11.1.